The van der Waals surface area contributed by atoms with Gasteiger partial charge < -0.3 is 4.74 Å². The van der Waals surface area contributed by atoms with E-state index in [1.807, 2.05) is 39.7 Å². The summed E-state index contributed by atoms with van der Waals surface area (Å²) in [5.74, 6) is 2.69. The zero-order chi connectivity index (χ0) is 15.6. The molecule has 6 nitrogen and oxygen atoms in total. The molecule has 4 heterocycles. The molecule has 1 aromatic heterocycles. The van der Waals surface area contributed by atoms with E-state index in [0.717, 1.165) is 19.1 Å². The number of nitrogens with zero attached hydrogens (tertiary/aromatic N) is 3. The molecule has 9 rings (SSSR count). The van der Waals surface area contributed by atoms with Gasteiger partial charge in [0.2, 0.25) is 0 Å². The van der Waals surface area contributed by atoms with Crippen LogP contribution in [0.4, 0.5) is 0 Å². The highest BCUT2D eigenvalue weighted by atomic mass is 16.5. The largest absolute Gasteiger partial charge is 0.380 e. The molecule has 24 heavy (non-hydrogen) atoms. The van der Waals surface area contributed by atoms with Crippen molar-refractivity contribution < 1.29 is 4.74 Å². The Kier molecular flexibility index (Phi) is 1.36. The fourth-order valence-corrected chi connectivity index (χ4v) is 8.19. The van der Waals surface area contributed by atoms with Gasteiger partial charge in [0.1, 0.15) is 0 Å². The van der Waals surface area contributed by atoms with Gasteiger partial charge in [0.25, 0.3) is 0 Å². The first-order valence-corrected chi connectivity index (χ1v) is 8.84. The summed E-state index contributed by atoms with van der Waals surface area (Å²) in [4.78, 5) is 26.4. The third-order valence-corrected chi connectivity index (χ3v) is 8.49. The summed E-state index contributed by atoms with van der Waals surface area (Å²) in [5.41, 5.74) is 0.690. The second kappa shape index (κ2) is 2.86. The van der Waals surface area contributed by atoms with Gasteiger partial charge in [-0.2, -0.15) is 0 Å². The van der Waals surface area contributed by atoms with E-state index in [9.17, 15) is 9.59 Å². The molecular weight excluding hydrogens is 306 g/mol. The van der Waals surface area contributed by atoms with Crippen LogP contribution in [0.3, 0.4) is 0 Å². The number of benzene rings is 1. The third kappa shape index (κ3) is 0.729. The van der Waals surface area contributed by atoms with Gasteiger partial charge in [-0.15, -0.1) is 0 Å². The molecule has 0 unspecified atom stereocenters. The smallest absolute Gasteiger partial charge is 0.352 e. The zero-order valence-corrected chi connectivity index (χ0v) is 12.8. The van der Waals surface area contributed by atoms with Gasteiger partial charge in [0.15, 0.2) is 0 Å². The van der Waals surface area contributed by atoms with Gasteiger partial charge in [0, 0.05) is 10.8 Å². The molecule has 3 aliphatic heterocycles. The average Bonchev–Trinajstić information content (AvgIpc) is 3.19. The molecule has 2 aromatic rings. The van der Waals surface area contributed by atoms with Crippen molar-refractivity contribution in [2.75, 3.05) is 13.2 Å². The Morgan fingerprint density at radius 3 is 2.04 bits per heavy atom. The molecule has 4 saturated carbocycles. The van der Waals surface area contributed by atoms with Crippen LogP contribution in [0, 0.1) is 34.5 Å². The normalized spacial score (nSPS) is 52.3. The molecule has 1 aromatic carbocycles. The number of hydrogen-bond donors (Lipinski definition) is 0. The lowest BCUT2D eigenvalue weighted by molar-refractivity contribution is 0.0280. The number of para-hydroxylation sites is 1. The number of hydrogen-bond acceptors (Lipinski definition) is 3. The molecule has 4 aliphatic carbocycles. The lowest BCUT2D eigenvalue weighted by Crippen LogP contribution is -2.52. The van der Waals surface area contributed by atoms with E-state index in [1.165, 1.54) is 4.57 Å². The predicted octanol–water partition coefficient (Wildman–Crippen LogP) is 0.419. The molecule has 5 fully saturated rings. The van der Waals surface area contributed by atoms with Crippen LogP contribution in [0.2, 0.25) is 0 Å². The quantitative estimate of drug-likeness (QED) is 0.765. The van der Waals surface area contributed by atoms with Crippen LogP contribution in [0.5, 0.6) is 0 Å². The van der Waals surface area contributed by atoms with Gasteiger partial charge in [-0.1, -0.05) is 18.2 Å². The molecule has 6 heteroatoms. The zero-order valence-electron chi connectivity index (χ0n) is 12.8. The highest BCUT2D eigenvalue weighted by molar-refractivity contribution is 5.50. The lowest BCUT2D eigenvalue weighted by Gasteiger charge is -2.44. The maximum atomic E-state index is 13.2. The second-order valence-electron chi connectivity index (χ2n) is 8.60. The molecule has 7 aliphatic rings. The monoisotopic (exact) mass is 321 g/mol. The molecule has 2 bridgehead atoms. The fraction of sp³-hybridized carbons (Fsp3) is 0.556. The Morgan fingerprint density at radius 2 is 1.46 bits per heavy atom. The standard InChI is InChI=1S/C18H15N3O3/c22-15-19(8-4-2-1-3-5-8)16(23)21-14-11-9-10(11)13(20(15)21)17-6-24-7-18(14,17)12(9)17/h1-5,9-14H,6-7H2/t9?,10-,11-,12?,13-,14-,17-,18-/m0/s1. The van der Waals surface area contributed by atoms with Crippen LogP contribution in [-0.2, 0) is 4.74 Å². The summed E-state index contributed by atoms with van der Waals surface area (Å²) in [6.07, 6.45) is 0. The first-order chi connectivity index (χ1) is 11.7. The van der Waals surface area contributed by atoms with Crippen molar-refractivity contribution in [2.45, 2.75) is 12.1 Å². The molecule has 1 saturated heterocycles. The lowest BCUT2D eigenvalue weighted by atomic mass is 9.73. The van der Waals surface area contributed by atoms with E-state index in [4.69, 9.17) is 4.74 Å². The number of rotatable bonds is 1. The van der Waals surface area contributed by atoms with Crippen LogP contribution in [-0.4, -0.2) is 27.1 Å². The highest BCUT2D eigenvalue weighted by Crippen LogP contribution is 3.03. The number of ether oxygens (including phenoxy) is 1. The minimum atomic E-state index is -0.160. The van der Waals surface area contributed by atoms with Crippen LogP contribution >= 0.6 is 0 Å². The van der Waals surface area contributed by atoms with Crippen molar-refractivity contribution >= 4 is 0 Å². The van der Waals surface area contributed by atoms with Gasteiger partial charge in [0.05, 0.1) is 31.0 Å². The van der Waals surface area contributed by atoms with E-state index in [0.29, 0.717) is 23.4 Å². The maximum absolute atomic E-state index is 13.2. The van der Waals surface area contributed by atoms with E-state index < -0.39 is 0 Å². The van der Waals surface area contributed by atoms with Crippen molar-refractivity contribution in [3.63, 3.8) is 0 Å². The van der Waals surface area contributed by atoms with E-state index in [1.54, 1.807) is 0 Å². The van der Waals surface area contributed by atoms with Crippen molar-refractivity contribution in [3.05, 3.63) is 51.3 Å². The molecule has 0 amide bonds. The van der Waals surface area contributed by atoms with E-state index in [-0.39, 0.29) is 34.3 Å². The van der Waals surface area contributed by atoms with Gasteiger partial charge in [-0.3, -0.25) is 0 Å². The molecule has 0 N–H and O–H groups in total. The molecular formula is C18H15N3O3. The molecule has 120 valence electrons. The van der Waals surface area contributed by atoms with Gasteiger partial charge >= 0.3 is 11.4 Å². The Balaban J connectivity index is 1.49. The van der Waals surface area contributed by atoms with Crippen LogP contribution in [0.25, 0.3) is 5.69 Å². The SMILES string of the molecule is O=c1n(-c2ccccc2)c(=O)n2n1[C@H]1[C@H]3C4C5[C@@]16COC[C@@]56[C@@H]2[C@@H]43. The number of aromatic nitrogens is 3. The van der Waals surface area contributed by atoms with Gasteiger partial charge in [-0.25, -0.2) is 23.5 Å². The van der Waals surface area contributed by atoms with Crippen molar-refractivity contribution in [1.82, 2.24) is 13.9 Å². The first-order valence-electron chi connectivity index (χ1n) is 8.84. The molecule has 2 spiro atoms. The predicted molar refractivity (Wildman–Crippen MR) is 82.0 cm³/mol. The summed E-state index contributed by atoms with van der Waals surface area (Å²) in [6, 6.07) is 9.70. The highest BCUT2D eigenvalue weighted by Gasteiger charge is 3.04. The van der Waals surface area contributed by atoms with E-state index >= 15 is 0 Å². The topological polar surface area (TPSA) is 58.2 Å². The minimum absolute atomic E-state index is 0.160. The van der Waals surface area contributed by atoms with Crippen LogP contribution < -0.4 is 11.4 Å². The summed E-state index contributed by atoms with van der Waals surface area (Å²) < 4.78 is 10.9. The minimum Gasteiger partial charge on any atom is -0.380 e. The fourth-order valence-electron chi connectivity index (χ4n) is 8.19. The van der Waals surface area contributed by atoms with Gasteiger partial charge in [-0.05, 0) is 35.8 Å². The second-order valence-corrected chi connectivity index (χ2v) is 8.60. The van der Waals surface area contributed by atoms with Crippen LogP contribution in [0.15, 0.2) is 39.9 Å². The summed E-state index contributed by atoms with van der Waals surface area (Å²) in [5, 5.41) is 0. The van der Waals surface area contributed by atoms with Crippen molar-refractivity contribution in [2.24, 2.45) is 34.5 Å². The molecule has 6 atom stereocenters. The average molecular weight is 321 g/mol. The molecule has 0 radical (unpaired) electrons. The summed E-state index contributed by atoms with van der Waals surface area (Å²) in [7, 11) is 0. The van der Waals surface area contributed by atoms with Crippen molar-refractivity contribution in [3.8, 4) is 5.69 Å². The Hall–Kier alpha value is -2.08. The Bertz CT molecular complexity index is 1030. The van der Waals surface area contributed by atoms with Crippen molar-refractivity contribution in [1.29, 1.82) is 0 Å². The summed E-state index contributed by atoms with van der Waals surface area (Å²) in [6.45, 7) is 1.57. The third-order valence-electron chi connectivity index (χ3n) is 8.49. The maximum Gasteiger partial charge on any atom is 0.352 e. The summed E-state index contributed by atoms with van der Waals surface area (Å²) >= 11 is 0. The Morgan fingerprint density at radius 1 is 0.875 bits per heavy atom. The Labute approximate surface area is 136 Å². The first kappa shape index (κ1) is 11.5. The van der Waals surface area contributed by atoms with Crippen LogP contribution in [0.1, 0.15) is 12.1 Å². The van der Waals surface area contributed by atoms with E-state index in [2.05, 4.69) is 0 Å².